The first kappa shape index (κ1) is 12.7. The van der Waals surface area contributed by atoms with Crippen LogP contribution in [0.3, 0.4) is 0 Å². The number of nitrogens with two attached hydrogens (primary N) is 1. The van der Waals surface area contributed by atoms with Crippen LogP contribution in [0.2, 0.25) is 10.0 Å². The highest BCUT2D eigenvalue weighted by Gasteiger charge is 2.02. The molecule has 0 radical (unpaired) electrons. The van der Waals surface area contributed by atoms with Gasteiger partial charge in [0.05, 0.1) is 22.3 Å². The van der Waals surface area contributed by atoms with Gasteiger partial charge in [0.2, 0.25) is 5.91 Å². The molecule has 0 aliphatic heterocycles. The number of amides is 1. The Balaban J connectivity index is 2.78. The number of carbonyl (C=O) groups is 1. The molecule has 0 aromatic heterocycles. The maximum atomic E-state index is 10.6. The Hall–Kier alpha value is -1.37. The molecule has 0 saturated carbocycles. The number of rotatable bonds is 1. The van der Waals surface area contributed by atoms with E-state index in [1.807, 2.05) is 0 Å². The molecule has 0 aliphatic rings. The fourth-order valence-corrected chi connectivity index (χ4v) is 1.46. The van der Waals surface area contributed by atoms with Crippen LogP contribution in [0.15, 0.2) is 12.1 Å². The first-order valence-corrected chi connectivity index (χ1v) is 5.24. The Morgan fingerprint density at radius 1 is 1.44 bits per heavy atom. The second-order valence-corrected chi connectivity index (χ2v) is 3.88. The third-order valence-corrected chi connectivity index (χ3v) is 2.36. The third-order valence-electron chi connectivity index (χ3n) is 1.74. The van der Waals surface area contributed by atoms with Gasteiger partial charge in [0.15, 0.2) is 0 Å². The fraction of sp³-hybridized carbons (Fsp3) is 0.182. The second-order valence-electron chi connectivity index (χ2n) is 3.07. The van der Waals surface area contributed by atoms with Crippen molar-refractivity contribution in [1.82, 2.24) is 5.32 Å². The highest BCUT2D eigenvalue weighted by Crippen LogP contribution is 2.28. The molecule has 0 spiro atoms. The Morgan fingerprint density at radius 3 is 2.50 bits per heavy atom. The minimum Gasteiger partial charge on any atom is -0.396 e. The summed E-state index contributed by atoms with van der Waals surface area (Å²) in [5, 5.41) is 3.30. The van der Waals surface area contributed by atoms with E-state index in [0.29, 0.717) is 21.3 Å². The zero-order chi connectivity index (χ0) is 12.1. The zero-order valence-electron chi connectivity index (χ0n) is 8.60. The largest absolute Gasteiger partial charge is 0.396 e. The molecular weight excluding hydrogens is 247 g/mol. The number of nitrogens with one attached hydrogen (secondary N) is 1. The third kappa shape index (κ3) is 3.65. The molecule has 0 aliphatic carbocycles. The number of hydrogen-bond donors (Lipinski definition) is 2. The van der Waals surface area contributed by atoms with Gasteiger partial charge in [-0.2, -0.15) is 0 Å². The Morgan fingerprint density at radius 2 is 2.00 bits per heavy atom. The lowest BCUT2D eigenvalue weighted by atomic mass is 10.2. The van der Waals surface area contributed by atoms with Crippen LogP contribution in [-0.2, 0) is 4.79 Å². The summed E-state index contributed by atoms with van der Waals surface area (Å²) in [5.41, 5.74) is 6.58. The van der Waals surface area contributed by atoms with Gasteiger partial charge in [0, 0.05) is 12.5 Å². The van der Waals surface area contributed by atoms with E-state index in [1.54, 1.807) is 12.1 Å². The lowest BCUT2D eigenvalue weighted by Crippen LogP contribution is -2.19. The van der Waals surface area contributed by atoms with Gasteiger partial charge in [-0.05, 0) is 12.1 Å². The van der Waals surface area contributed by atoms with Gasteiger partial charge < -0.3 is 11.1 Å². The van der Waals surface area contributed by atoms with E-state index in [1.165, 1.54) is 6.92 Å². The highest BCUT2D eigenvalue weighted by atomic mass is 35.5. The molecule has 5 heteroatoms. The molecule has 0 bridgehead atoms. The van der Waals surface area contributed by atoms with Gasteiger partial charge in [-0.25, -0.2) is 0 Å². The summed E-state index contributed by atoms with van der Waals surface area (Å²) in [6.45, 7) is 1.72. The first-order chi connectivity index (χ1) is 7.50. The van der Waals surface area contributed by atoms with Crippen LogP contribution in [0.25, 0.3) is 0 Å². The van der Waals surface area contributed by atoms with Crippen LogP contribution < -0.4 is 11.1 Å². The summed E-state index contributed by atoms with van der Waals surface area (Å²) >= 11 is 11.7. The summed E-state index contributed by atoms with van der Waals surface area (Å²) in [5.74, 6) is 5.46. The number of carbonyl (C=O) groups excluding carboxylic acids is 1. The SMILES string of the molecule is CC(=O)NCC#Cc1cc(Cl)c(N)c(Cl)c1. The lowest BCUT2D eigenvalue weighted by molar-refractivity contribution is -0.118. The second kappa shape index (κ2) is 5.64. The number of hydrogen-bond acceptors (Lipinski definition) is 2. The van der Waals surface area contributed by atoms with Crippen LogP contribution in [0.1, 0.15) is 12.5 Å². The van der Waals surface area contributed by atoms with Crippen LogP contribution in [0.5, 0.6) is 0 Å². The first-order valence-electron chi connectivity index (χ1n) is 4.48. The van der Waals surface area contributed by atoms with E-state index in [2.05, 4.69) is 17.2 Å². The van der Waals surface area contributed by atoms with Crippen molar-refractivity contribution in [1.29, 1.82) is 0 Å². The minimum atomic E-state index is -0.123. The maximum Gasteiger partial charge on any atom is 0.217 e. The van der Waals surface area contributed by atoms with Gasteiger partial charge in [0.1, 0.15) is 0 Å². The van der Waals surface area contributed by atoms with Gasteiger partial charge >= 0.3 is 0 Å². The molecule has 0 unspecified atom stereocenters. The van der Waals surface area contributed by atoms with Crippen LogP contribution >= 0.6 is 23.2 Å². The molecule has 3 N–H and O–H groups in total. The average molecular weight is 257 g/mol. The number of benzene rings is 1. The molecule has 1 aromatic carbocycles. The molecule has 0 saturated heterocycles. The van der Waals surface area contributed by atoms with Crippen molar-refractivity contribution in [2.75, 3.05) is 12.3 Å². The summed E-state index contributed by atoms with van der Waals surface area (Å²) in [4.78, 5) is 10.6. The summed E-state index contributed by atoms with van der Waals surface area (Å²) < 4.78 is 0. The summed E-state index contributed by atoms with van der Waals surface area (Å²) in [7, 11) is 0. The molecule has 1 aromatic rings. The van der Waals surface area contributed by atoms with Gasteiger partial charge in [-0.15, -0.1) is 0 Å². The van der Waals surface area contributed by atoms with Crippen molar-refractivity contribution < 1.29 is 4.79 Å². The molecule has 1 rings (SSSR count). The van der Waals surface area contributed by atoms with Crippen LogP contribution in [0, 0.1) is 11.8 Å². The molecule has 0 heterocycles. The van der Waals surface area contributed by atoms with Crippen molar-refractivity contribution >= 4 is 34.8 Å². The number of halogens is 2. The normalized spacial score (nSPS) is 9.19. The maximum absolute atomic E-state index is 10.6. The Labute approximate surface area is 104 Å². The van der Waals surface area contributed by atoms with Gasteiger partial charge in [-0.3, -0.25) is 4.79 Å². The highest BCUT2D eigenvalue weighted by molar-refractivity contribution is 6.39. The molecule has 0 fully saturated rings. The van der Waals surface area contributed by atoms with Gasteiger partial charge in [-0.1, -0.05) is 35.0 Å². The van der Waals surface area contributed by atoms with E-state index < -0.39 is 0 Å². The Kier molecular flexibility index (Phi) is 4.48. The monoisotopic (exact) mass is 256 g/mol. The smallest absolute Gasteiger partial charge is 0.217 e. The molecule has 3 nitrogen and oxygen atoms in total. The average Bonchev–Trinajstić information content (AvgIpc) is 2.20. The predicted molar refractivity (Wildman–Crippen MR) is 66.4 cm³/mol. The van der Waals surface area contributed by atoms with E-state index >= 15 is 0 Å². The standard InChI is InChI=1S/C11H10Cl2N2O/c1-7(16)15-4-2-3-8-5-9(12)11(14)10(13)6-8/h5-6H,4,14H2,1H3,(H,15,16). The van der Waals surface area contributed by atoms with Crippen LogP contribution in [-0.4, -0.2) is 12.5 Å². The lowest BCUT2D eigenvalue weighted by Gasteiger charge is -2.01. The number of anilines is 1. The van der Waals surface area contributed by atoms with E-state index in [9.17, 15) is 4.79 Å². The van der Waals surface area contributed by atoms with Gasteiger partial charge in [0.25, 0.3) is 0 Å². The van der Waals surface area contributed by atoms with E-state index in [4.69, 9.17) is 28.9 Å². The molecule has 0 atom stereocenters. The predicted octanol–water partition coefficient (Wildman–Crippen LogP) is 2.06. The fourth-order valence-electron chi connectivity index (χ4n) is 0.971. The quantitative estimate of drug-likeness (QED) is 0.597. The molecule has 1 amide bonds. The van der Waals surface area contributed by atoms with Crippen molar-refractivity contribution in [3.05, 3.63) is 27.7 Å². The zero-order valence-corrected chi connectivity index (χ0v) is 10.1. The molecule has 16 heavy (non-hydrogen) atoms. The molecular formula is C11H10Cl2N2O. The Bertz CT molecular complexity index is 452. The topological polar surface area (TPSA) is 55.1 Å². The molecule has 84 valence electrons. The van der Waals surface area contributed by atoms with Crippen molar-refractivity contribution in [3.8, 4) is 11.8 Å². The van der Waals surface area contributed by atoms with Crippen molar-refractivity contribution in [2.24, 2.45) is 0 Å². The van der Waals surface area contributed by atoms with Crippen molar-refractivity contribution in [2.45, 2.75) is 6.92 Å². The number of nitrogen functional groups attached to an aromatic ring is 1. The van der Waals surface area contributed by atoms with E-state index in [0.717, 1.165) is 0 Å². The van der Waals surface area contributed by atoms with E-state index in [-0.39, 0.29) is 12.5 Å². The van der Waals surface area contributed by atoms with Crippen LogP contribution in [0.4, 0.5) is 5.69 Å². The summed E-state index contributed by atoms with van der Waals surface area (Å²) in [6.07, 6.45) is 0. The summed E-state index contributed by atoms with van der Waals surface area (Å²) in [6, 6.07) is 3.26. The minimum absolute atomic E-state index is 0.123. The van der Waals surface area contributed by atoms with Crippen molar-refractivity contribution in [3.63, 3.8) is 0 Å².